The summed E-state index contributed by atoms with van der Waals surface area (Å²) in [6.45, 7) is 2.50. The first kappa shape index (κ1) is 16.3. The molecule has 0 radical (unpaired) electrons. The van der Waals surface area contributed by atoms with E-state index in [0.717, 1.165) is 12.2 Å². The van der Waals surface area contributed by atoms with Gasteiger partial charge in [-0.2, -0.15) is 0 Å². The molecular weight excluding hydrogens is 276 g/mol. The summed E-state index contributed by atoms with van der Waals surface area (Å²) < 4.78 is 5.45. The van der Waals surface area contributed by atoms with E-state index >= 15 is 0 Å². The average Bonchev–Trinajstić information content (AvgIpc) is 3.02. The zero-order chi connectivity index (χ0) is 15.9. The van der Waals surface area contributed by atoms with Gasteiger partial charge < -0.3 is 9.73 Å². The van der Waals surface area contributed by atoms with Gasteiger partial charge in [-0.25, -0.2) is 0 Å². The van der Waals surface area contributed by atoms with E-state index in [1.54, 1.807) is 6.26 Å². The molecule has 0 saturated carbocycles. The number of hydrogen-bond donors (Lipinski definition) is 1. The molecule has 4 heteroatoms. The van der Waals surface area contributed by atoms with Gasteiger partial charge in [0.15, 0.2) is 0 Å². The molecular formula is C18H24N2O2. The summed E-state index contributed by atoms with van der Waals surface area (Å²) in [6, 6.07) is 13.9. The third-order valence-electron chi connectivity index (χ3n) is 3.80. The van der Waals surface area contributed by atoms with E-state index in [2.05, 4.69) is 17.4 Å². The van der Waals surface area contributed by atoms with Gasteiger partial charge >= 0.3 is 0 Å². The van der Waals surface area contributed by atoms with Crippen LogP contribution in [0.15, 0.2) is 53.1 Å². The first-order valence-electron chi connectivity index (χ1n) is 7.59. The Kier molecular flexibility index (Phi) is 5.78. The molecule has 1 N–H and O–H groups in total. The second-order valence-corrected chi connectivity index (χ2v) is 5.83. The van der Waals surface area contributed by atoms with Crippen LogP contribution in [0.5, 0.6) is 0 Å². The number of carbonyl (C=O) groups excluding carboxylic acids is 1. The third kappa shape index (κ3) is 4.46. The molecule has 0 aliphatic heterocycles. The molecule has 1 aromatic carbocycles. The van der Waals surface area contributed by atoms with Crippen molar-refractivity contribution in [1.82, 2.24) is 10.2 Å². The molecule has 0 aliphatic rings. The Morgan fingerprint density at radius 1 is 1.18 bits per heavy atom. The highest BCUT2D eigenvalue weighted by molar-refractivity contribution is 5.78. The predicted octanol–water partition coefficient (Wildman–Crippen LogP) is 2.88. The van der Waals surface area contributed by atoms with E-state index in [1.165, 1.54) is 5.56 Å². The Bertz CT molecular complexity index is 564. The zero-order valence-electron chi connectivity index (χ0n) is 13.5. The van der Waals surface area contributed by atoms with Crippen molar-refractivity contribution in [3.05, 3.63) is 60.1 Å². The lowest BCUT2D eigenvalue weighted by atomic mass is 10.0. The van der Waals surface area contributed by atoms with Crippen molar-refractivity contribution in [2.75, 3.05) is 20.6 Å². The maximum Gasteiger partial charge on any atom is 0.223 e. The third-order valence-corrected chi connectivity index (χ3v) is 3.80. The van der Waals surface area contributed by atoms with Crippen molar-refractivity contribution >= 4 is 5.91 Å². The van der Waals surface area contributed by atoms with Gasteiger partial charge in [-0.3, -0.25) is 9.69 Å². The average molecular weight is 300 g/mol. The first-order chi connectivity index (χ1) is 10.6. The number of hydrogen-bond acceptors (Lipinski definition) is 3. The topological polar surface area (TPSA) is 45.5 Å². The second kappa shape index (κ2) is 7.80. The predicted molar refractivity (Wildman–Crippen MR) is 87.5 cm³/mol. The van der Waals surface area contributed by atoms with Gasteiger partial charge in [0.25, 0.3) is 0 Å². The van der Waals surface area contributed by atoms with Crippen molar-refractivity contribution in [3.63, 3.8) is 0 Å². The van der Waals surface area contributed by atoms with E-state index < -0.39 is 0 Å². The lowest BCUT2D eigenvalue weighted by Gasteiger charge is -2.23. The largest absolute Gasteiger partial charge is 0.468 e. The van der Waals surface area contributed by atoms with Crippen molar-refractivity contribution in [2.24, 2.45) is 5.92 Å². The van der Waals surface area contributed by atoms with E-state index in [4.69, 9.17) is 4.42 Å². The fourth-order valence-electron chi connectivity index (χ4n) is 2.45. The summed E-state index contributed by atoms with van der Waals surface area (Å²) in [5, 5.41) is 3.03. The summed E-state index contributed by atoms with van der Waals surface area (Å²) in [5.74, 6) is 0.880. The molecule has 1 amide bonds. The van der Waals surface area contributed by atoms with Gasteiger partial charge in [0.1, 0.15) is 5.76 Å². The molecule has 0 bridgehead atoms. The molecule has 1 heterocycles. The number of carbonyl (C=O) groups is 1. The molecule has 2 atom stereocenters. The quantitative estimate of drug-likeness (QED) is 0.855. The number of furan rings is 1. The van der Waals surface area contributed by atoms with Crippen molar-refractivity contribution in [2.45, 2.75) is 19.4 Å². The van der Waals surface area contributed by atoms with Crippen LogP contribution in [0.2, 0.25) is 0 Å². The van der Waals surface area contributed by atoms with Gasteiger partial charge in [0.2, 0.25) is 5.91 Å². The molecule has 2 unspecified atom stereocenters. The number of nitrogens with zero attached hydrogens (tertiary/aromatic N) is 1. The van der Waals surface area contributed by atoms with Gasteiger partial charge in [0, 0.05) is 12.5 Å². The monoisotopic (exact) mass is 300 g/mol. The highest BCUT2D eigenvalue weighted by Crippen LogP contribution is 2.18. The Balaban J connectivity index is 1.88. The van der Waals surface area contributed by atoms with Crippen LogP contribution in [0, 0.1) is 5.92 Å². The van der Waals surface area contributed by atoms with Gasteiger partial charge in [-0.15, -0.1) is 0 Å². The van der Waals surface area contributed by atoms with Crippen LogP contribution in [0.1, 0.15) is 24.3 Å². The summed E-state index contributed by atoms with van der Waals surface area (Å²) >= 11 is 0. The van der Waals surface area contributed by atoms with Crippen LogP contribution in [0.4, 0.5) is 0 Å². The fraction of sp³-hybridized carbons (Fsp3) is 0.389. The molecule has 2 rings (SSSR count). The molecule has 0 saturated heterocycles. The summed E-state index contributed by atoms with van der Waals surface area (Å²) in [4.78, 5) is 14.3. The van der Waals surface area contributed by atoms with E-state index in [1.807, 2.05) is 56.3 Å². The van der Waals surface area contributed by atoms with Crippen LogP contribution in [-0.2, 0) is 11.2 Å². The molecule has 0 aliphatic carbocycles. The SMILES string of the molecule is CC(Cc1ccccc1)C(=O)NCC(c1ccco1)N(C)C. The highest BCUT2D eigenvalue weighted by Gasteiger charge is 2.20. The minimum Gasteiger partial charge on any atom is -0.468 e. The number of rotatable bonds is 7. The maximum atomic E-state index is 12.3. The zero-order valence-corrected chi connectivity index (χ0v) is 13.5. The number of amides is 1. The van der Waals surface area contributed by atoms with Crippen molar-refractivity contribution in [3.8, 4) is 0 Å². The lowest BCUT2D eigenvalue weighted by Crippen LogP contribution is -2.37. The second-order valence-electron chi connectivity index (χ2n) is 5.83. The molecule has 2 aromatic rings. The minimum absolute atomic E-state index is 0.0443. The van der Waals surface area contributed by atoms with E-state index in [9.17, 15) is 4.79 Å². The van der Waals surface area contributed by atoms with E-state index in [-0.39, 0.29) is 17.9 Å². The smallest absolute Gasteiger partial charge is 0.223 e. The normalized spacial score (nSPS) is 13.8. The Hall–Kier alpha value is -2.07. The lowest BCUT2D eigenvalue weighted by molar-refractivity contribution is -0.124. The standard InChI is InChI=1S/C18H24N2O2/c1-14(12-15-8-5-4-6-9-15)18(21)19-13-16(20(2)3)17-10-7-11-22-17/h4-11,14,16H,12-13H2,1-3H3,(H,19,21). The summed E-state index contributed by atoms with van der Waals surface area (Å²) in [7, 11) is 3.96. The van der Waals surface area contributed by atoms with Crippen LogP contribution in [0.25, 0.3) is 0 Å². The molecule has 118 valence electrons. The Morgan fingerprint density at radius 3 is 2.50 bits per heavy atom. The van der Waals surface area contributed by atoms with Crippen LogP contribution >= 0.6 is 0 Å². The fourth-order valence-corrected chi connectivity index (χ4v) is 2.45. The van der Waals surface area contributed by atoms with E-state index in [0.29, 0.717) is 6.54 Å². The van der Waals surface area contributed by atoms with Crippen LogP contribution in [-0.4, -0.2) is 31.4 Å². The highest BCUT2D eigenvalue weighted by atomic mass is 16.3. The maximum absolute atomic E-state index is 12.3. The molecule has 0 spiro atoms. The molecule has 4 nitrogen and oxygen atoms in total. The summed E-state index contributed by atoms with van der Waals surface area (Å²) in [5.41, 5.74) is 1.18. The van der Waals surface area contributed by atoms with Gasteiger partial charge in [0.05, 0.1) is 12.3 Å². The molecule has 0 fully saturated rings. The van der Waals surface area contributed by atoms with Crippen LogP contribution in [0.3, 0.4) is 0 Å². The van der Waals surface area contributed by atoms with Crippen molar-refractivity contribution < 1.29 is 9.21 Å². The minimum atomic E-state index is -0.0539. The number of nitrogens with one attached hydrogen (secondary N) is 1. The molecule has 22 heavy (non-hydrogen) atoms. The van der Waals surface area contributed by atoms with Crippen molar-refractivity contribution in [1.29, 1.82) is 0 Å². The number of benzene rings is 1. The van der Waals surface area contributed by atoms with Gasteiger partial charge in [-0.05, 0) is 38.2 Å². The summed E-state index contributed by atoms with van der Waals surface area (Å²) in [6.07, 6.45) is 2.41. The Morgan fingerprint density at radius 2 is 1.91 bits per heavy atom. The van der Waals surface area contributed by atoms with Gasteiger partial charge in [-0.1, -0.05) is 37.3 Å². The Labute approximate surface area is 132 Å². The first-order valence-corrected chi connectivity index (χ1v) is 7.59. The number of likely N-dealkylation sites (N-methyl/N-ethyl adjacent to an activating group) is 1. The molecule has 1 aromatic heterocycles. The van der Waals surface area contributed by atoms with Crippen LogP contribution < -0.4 is 5.32 Å².